The van der Waals surface area contributed by atoms with E-state index < -0.39 is 12.3 Å². The van der Waals surface area contributed by atoms with E-state index >= 15 is 0 Å². The maximum atomic E-state index is 14.1. The van der Waals surface area contributed by atoms with Crippen molar-refractivity contribution in [2.24, 2.45) is 0 Å². The number of allylic oxidation sites excluding steroid dienone is 1. The number of halogens is 3. The van der Waals surface area contributed by atoms with Gasteiger partial charge in [0.05, 0.1) is 60.7 Å². The van der Waals surface area contributed by atoms with E-state index in [0.717, 1.165) is 5.70 Å². The summed E-state index contributed by atoms with van der Waals surface area (Å²) in [7, 11) is 3.03. The van der Waals surface area contributed by atoms with Gasteiger partial charge in [-0.25, -0.2) is 14.4 Å². The Labute approximate surface area is 287 Å². The summed E-state index contributed by atoms with van der Waals surface area (Å²) in [6.07, 6.45) is 4.44. The number of aliphatic hydroxyl groups is 1. The molecular weight excluding hydrogens is 660 g/mol. The van der Waals surface area contributed by atoms with E-state index in [1.54, 1.807) is 23.5 Å². The van der Waals surface area contributed by atoms with Crippen molar-refractivity contribution in [2.45, 2.75) is 44.6 Å². The number of carbonyl (C=O) groups excluding carboxylic acids is 1. The van der Waals surface area contributed by atoms with E-state index in [4.69, 9.17) is 32.7 Å². The van der Waals surface area contributed by atoms with E-state index in [2.05, 4.69) is 30.6 Å². The second-order valence-corrected chi connectivity index (χ2v) is 12.3. The minimum atomic E-state index is -1.11. The Morgan fingerprint density at radius 3 is 2.08 bits per heavy atom. The highest BCUT2D eigenvalue weighted by molar-refractivity contribution is 6.39. The molecular formula is C34H34Cl2FN7O4. The second kappa shape index (κ2) is 14.8. The first-order valence-electron chi connectivity index (χ1n) is 15.4. The Hall–Kier alpha value is -4.36. The number of hydrogen-bond acceptors (Lipinski definition) is 10. The van der Waals surface area contributed by atoms with Crippen LogP contribution in [0.2, 0.25) is 10.0 Å². The largest absolute Gasteiger partial charge is 0.480 e. The summed E-state index contributed by atoms with van der Waals surface area (Å²) < 4.78 is 25.1. The lowest BCUT2D eigenvalue weighted by Crippen LogP contribution is -2.43. The first kappa shape index (κ1) is 33.5. The van der Waals surface area contributed by atoms with Crippen molar-refractivity contribution in [1.29, 1.82) is 0 Å². The third-order valence-corrected chi connectivity index (χ3v) is 8.96. The number of aliphatic hydroxyl groups excluding tert-OH is 1. The average Bonchev–Trinajstić information content (AvgIpc) is 3.49. The molecule has 48 heavy (non-hydrogen) atoms. The molecule has 2 atom stereocenters. The molecule has 3 N–H and O–H groups in total. The Morgan fingerprint density at radius 1 is 0.938 bits per heavy atom. The lowest BCUT2D eigenvalue weighted by atomic mass is 9.98. The van der Waals surface area contributed by atoms with Gasteiger partial charge in [-0.05, 0) is 6.42 Å². The van der Waals surface area contributed by atoms with Crippen molar-refractivity contribution < 1.29 is 23.8 Å². The third-order valence-electron chi connectivity index (χ3n) is 8.14. The van der Waals surface area contributed by atoms with Crippen molar-refractivity contribution in [3.8, 4) is 45.4 Å². The van der Waals surface area contributed by atoms with Crippen molar-refractivity contribution in [1.82, 2.24) is 35.5 Å². The SMILES string of the molecule is COc1nc(-c2cccc(-c3cccc(-c4cnc(CN5C[C@H](O)C[C@@H](F)C5)c(OC)n4)c3Cl)c2Cl)cnc1CN/C=C1\CCC(=O)N1. The summed E-state index contributed by atoms with van der Waals surface area (Å²) in [6.45, 7) is 1.19. The third kappa shape index (κ3) is 7.36. The number of aromatic nitrogens is 4. The molecule has 0 spiro atoms. The summed E-state index contributed by atoms with van der Waals surface area (Å²) in [6, 6.07) is 11.1. The van der Waals surface area contributed by atoms with Gasteiger partial charge in [0, 0.05) is 66.6 Å². The van der Waals surface area contributed by atoms with Crippen LogP contribution >= 0.6 is 23.2 Å². The van der Waals surface area contributed by atoms with Gasteiger partial charge < -0.3 is 25.2 Å². The van der Waals surface area contributed by atoms with Crippen LogP contribution in [0.1, 0.15) is 30.7 Å². The number of nitrogens with zero attached hydrogens (tertiary/aromatic N) is 5. The number of hydrogen-bond donors (Lipinski definition) is 3. The highest BCUT2D eigenvalue weighted by Crippen LogP contribution is 2.42. The zero-order valence-electron chi connectivity index (χ0n) is 26.3. The maximum absolute atomic E-state index is 14.1. The van der Waals surface area contributed by atoms with Crippen molar-refractivity contribution in [3.05, 3.63) is 82.1 Å². The van der Waals surface area contributed by atoms with Crippen molar-refractivity contribution >= 4 is 29.1 Å². The summed E-state index contributed by atoms with van der Waals surface area (Å²) in [5.74, 6) is 0.634. The van der Waals surface area contributed by atoms with Crippen LogP contribution in [-0.2, 0) is 17.9 Å². The number of nitrogens with one attached hydrogen (secondary N) is 2. The molecule has 250 valence electrons. The topological polar surface area (TPSA) is 135 Å². The van der Waals surface area contributed by atoms with Crippen LogP contribution in [0.25, 0.3) is 33.6 Å². The van der Waals surface area contributed by atoms with Gasteiger partial charge in [-0.1, -0.05) is 59.6 Å². The molecule has 0 bridgehead atoms. The molecule has 2 aromatic heterocycles. The van der Waals surface area contributed by atoms with Crippen LogP contribution in [-0.4, -0.2) is 75.4 Å². The highest BCUT2D eigenvalue weighted by Gasteiger charge is 2.27. The fourth-order valence-electron chi connectivity index (χ4n) is 5.86. The number of ether oxygens (including phenoxy) is 2. The molecule has 0 radical (unpaired) electrons. The average molecular weight is 695 g/mol. The summed E-state index contributed by atoms with van der Waals surface area (Å²) in [5, 5.41) is 16.8. The monoisotopic (exact) mass is 693 g/mol. The van der Waals surface area contributed by atoms with Crippen molar-refractivity contribution in [3.63, 3.8) is 0 Å². The number of likely N-dealkylation sites (tertiary alicyclic amines) is 1. The van der Waals surface area contributed by atoms with E-state index in [1.807, 2.05) is 36.4 Å². The fraction of sp³-hybridized carbons (Fsp3) is 0.324. The number of alkyl halides is 1. The molecule has 0 unspecified atom stereocenters. The zero-order chi connectivity index (χ0) is 33.8. The Morgan fingerprint density at radius 2 is 1.52 bits per heavy atom. The number of methoxy groups -OCH3 is 2. The smallest absolute Gasteiger partial charge is 0.237 e. The van der Waals surface area contributed by atoms with Gasteiger partial charge in [0.1, 0.15) is 17.6 Å². The second-order valence-electron chi connectivity index (χ2n) is 11.5. The molecule has 14 heteroatoms. The standard InChI is InChI=1S/C34H34Cl2FN7O4/c1-47-33-28(13-38-12-20-9-10-30(46)41-20)39-14-26(42-33)24-7-3-5-22(31(24)35)23-6-4-8-25(32(23)36)27-15-40-29(34(43-27)48-2)18-44-16-19(37)11-21(45)17-44/h3-8,12,14-15,19,21,38,45H,9-11,13,16-18H2,1-2H3,(H,41,46)/b20-12+/t19-,21-/m1/s1. The van der Waals surface area contributed by atoms with E-state index in [0.29, 0.717) is 86.9 Å². The summed E-state index contributed by atoms with van der Waals surface area (Å²) in [4.78, 5) is 31.8. The van der Waals surface area contributed by atoms with E-state index in [9.17, 15) is 14.3 Å². The minimum Gasteiger partial charge on any atom is -0.480 e. The van der Waals surface area contributed by atoms with E-state index in [1.165, 1.54) is 14.2 Å². The van der Waals surface area contributed by atoms with Gasteiger partial charge >= 0.3 is 0 Å². The number of piperidine rings is 1. The first-order chi connectivity index (χ1) is 23.2. The summed E-state index contributed by atoms with van der Waals surface area (Å²) >= 11 is 14.0. The van der Waals surface area contributed by atoms with Gasteiger partial charge in [-0.15, -0.1) is 0 Å². The summed E-state index contributed by atoms with van der Waals surface area (Å²) in [5.41, 5.74) is 5.57. The molecule has 0 aliphatic carbocycles. The highest BCUT2D eigenvalue weighted by atomic mass is 35.5. The first-order valence-corrected chi connectivity index (χ1v) is 16.1. The van der Waals surface area contributed by atoms with Crippen molar-refractivity contribution in [2.75, 3.05) is 27.3 Å². The maximum Gasteiger partial charge on any atom is 0.237 e. The fourth-order valence-corrected chi connectivity index (χ4v) is 6.50. The number of β-amino-alcohol motifs (C(OH)–C–C–N with tert-alkyl or cyclic N) is 1. The number of carbonyl (C=O) groups is 1. The molecule has 4 aromatic rings. The van der Waals surface area contributed by atoms with Gasteiger partial charge in [-0.3, -0.25) is 19.7 Å². The Bertz CT molecular complexity index is 1850. The van der Waals surface area contributed by atoms with Gasteiger partial charge in [0.15, 0.2) is 0 Å². The van der Waals surface area contributed by atoms with Gasteiger partial charge in [0.2, 0.25) is 17.7 Å². The lowest BCUT2D eigenvalue weighted by Gasteiger charge is -2.32. The molecule has 1 amide bonds. The molecule has 4 heterocycles. The molecule has 2 aliphatic heterocycles. The Kier molecular flexibility index (Phi) is 10.4. The molecule has 0 saturated carbocycles. The quantitative estimate of drug-likeness (QED) is 0.200. The van der Waals surface area contributed by atoms with Crippen LogP contribution < -0.4 is 20.1 Å². The predicted octanol–water partition coefficient (Wildman–Crippen LogP) is 5.34. The molecule has 6 rings (SSSR count). The molecule has 2 aromatic carbocycles. The predicted molar refractivity (Wildman–Crippen MR) is 180 cm³/mol. The molecule has 2 fully saturated rings. The number of rotatable bonds is 10. The minimum absolute atomic E-state index is 0.00483. The molecule has 11 nitrogen and oxygen atoms in total. The Balaban J connectivity index is 1.25. The van der Waals surface area contributed by atoms with Crippen LogP contribution in [0.4, 0.5) is 4.39 Å². The zero-order valence-corrected chi connectivity index (χ0v) is 27.9. The lowest BCUT2D eigenvalue weighted by molar-refractivity contribution is -0.118. The van der Waals surface area contributed by atoms with E-state index in [-0.39, 0.29) is 31.3 Å². The van der Waals surface area contributed by atoms with Crippen LogP contribution in [0.5, 0.6) is 11.8 Å². The number of amides is 1. The van der Waals surface area contributed by atoms with Crippen LogP contribution in [0.3, 0.4) is 0 Å². The normalized spacial score (nSPS) is 19.0. The molecule has 2 aliphatic rings. The number of benzene rings is 2. The van der Waals surface area contributed by atoms with Crippen LogP contribution in [0, 0.1) is 0 Å². The molecule has 2 saturated heterocycles. The van der Waals surface area contributed by atoms with Gasteiger partial charge in [-0.2, -0.15) is 0 Å². The van der Waals surface area contributed by atoms with Crippen LogP contribution in [0.15, 0.2) is 60.7 Å². The van der Waals surface area contributed by atoms with Gasteiger partial charge in [0.25, 0.3) is 0 Å².